The second-order valence-corrected chi connectivity index (χ2v) is 13.0. The molecule has 1 heterocycles. The Morgan fingerprint density at radius 2 is 1.93 bits per heavy atom. The maximum atomic E-state index is 12.3. The summed E-state index contributed by atoms with van der Waals surface area (Å²) in [5, 5.41) is 19.7. The lowest BCUT2D eigenvalue weighted by Gasteiger charge is -2.29. The Balaban J connectivity index is 2.32. The van der Waals surface area contributed by atoms with E-state index in [-0.39, 0.29) is 23.5 Å². The highest BCUT2D eigenvalue weighted by atomic mass is 28.4. The van der Waals surface area contributed by atoms with Gasteiger partial charge in [-0.2, -0.15) is 10.5 Å². The molecule has 144 valence electrons. The lowest BCUT2D eigenvalue weighted by atomic mass is 9.73. The second kappa shape index (κ2) is 8.15. The van der Waals surface area contributed by atoms with Crippen LogP contribution in [-0.2, 0) is 6.42 Å². The first-order valence-electron chi connectivity index (χ1n) is 9.36. The van der Waals surface area contributed by atoms with Gasteiger partial charge in [-0.3, -0.25) is 4.79 Å². The summed E-state index contributed by atoms with van der Waals surface area (Å²) in [6, 6.07) is 5.74. The van der Waals surface area contributed by atoms with Crippen LogP contribution >= 0.6 is 0 Å². The zero-order valence-corrected chi connectivity index (χ0v) is 17.9. The summed E-state index contributed by atoms with van der Waals surface area (Å²) < 4.78 is 11.5. The van der Waals surface area contributed by atoms with Crippen LogP contribution in [0.2, 0.25) is 19.6 Å². The van der Waals surface area contributed by atoms with E-state index in [2.05, 4.69) is 26.0 Å². The molecule has 0 saturated carbocycles. The van der Waals surface area contributed by atoms with Crippen molar-refractivity contribution in [1.82, 2.24) is 0 Å². The molecule has 1 unspecified atom stereocenters. The molecule has 5 nitrogen and oxygen atoms in total. The van der Waals surface area contributed by atoms with Crippen molar-refractivity contribution in [3.63, 3.8) is 0 Å². The largest absolute Gasteiger partial charge is 0.539 e. The highest BCUT2D eigenvalue weighted by Crippen LogP contribution is 2.39. The molecule has 0 saturated heterocycles. The minimum absolute atomic E-state index is 0.0636. The van der Waals surface area contributed by atoms with Crippen LogP contribution in [0.15, 0.2) is 32.7 Å². The Morgan fingerprint density at radius 3 is 2.48 bits per heavy atom. The van der Waals surface area contributed by atoms with Crippen molar-refractivity contribution >= 4 is 8.32 Å². The topological polar surface area (TPSA) is 87.0 Å². The van der Waals surface area contributed by atoms with E-state index in [0.29, 0.717) is 12.2 Å². The summed E-state index contributed by atoms with van der Waals surface area (Å²) in [6.07, 6.45) is 4.74. The van der Waals surface area contributed by atoms with Gasteiger partial charge in [0.25, 0.3) is 0 Å². The molecule has 1 aromatic heterocycles. The molecule has 1 atom stereocenters. The Hall–Kier alpha value is -2.31. The monoisotopic (exact) mass is 384 g/mol. The summed E-state index contributed by atoms with van der Waals surface area (Å²) in [4.78, 5) is 12.3. The molecule has 1 aliphatic carbocycles. The normalized spacial score (nSPS) is 18.0. The first-order valence-corrected chi connectivity index (χ1v) is 12.8. The number of nitriles is 2. The predicted molar refractivity (Wildman–Crippen MR) is 107 cm³/mol. The minimum atomic E-state index is -2.05. The van der Waals surface area contributed by atoms with Gasteiger partial charge in [0.15, 0.2) is 16.9 Å². The van der Waals surface area contributed by atoms with Gasteiger partial charge in [0.2, 0.25) is 13.7 Å². The molecular formula is C21H28N2O3Si. The van der Waals surface area contributed by atoms with E-state index in [9.17, 15) is 15.3 Å². The van der Waals surface area contributed by atoms with E-state index in [4.69, 9.17) is 8.84 Å². The molecule has 0 amide bonds. The Kier molecular flexibility index (Phi) is 6.33. The molecule has 1 aromatic rings. The number of hydrogen-bond acceptors (Lipinski definition) is 5. The van der Waals surface area contributed by atoms with Gasteiger partial charge in [-0.25, -0.2) is 0 Å². The number of nitrogens with zero attached hydrogens (tertiary/aromatic N) is 2. The van der Waals surface area contributed by atoms with Crippen molar-refractivity contribution in [2.75, 3.05) is 0 Å². The van der Waals surface area contributed by atoms with Crippen LogP contribution in [-0.4, -0.2) is 8.32 Å². The lowest BCUT2D eigenvalue weighted by molar-refractivity contribution is 0.303. The summed E-state index contributed by atoms with van der Waals surface area (Å²) in [6.45, 7) is 10.2. The van der Waals surface area contributed by atoms with Crippen LogP contribution in [0.25, 0.3) is 0 Å². The number of hydrogen-bond donors (Lipinski definition) is 0. The average Bonchev–Trinajstić information content (AvgIpc) is 2.59. The van der Waals surface area contributed by atoms with Gasteiger partial charge in [0.05, 0.1) is 18.4 Å². The second-order valence-electron chi connectivity index (χ2n) is 8.61. The molecule has 6 heteroatoms. The molecule has 0 aromatic carbocycles. The van der Waals surface area contributed by atoms with Gasteiger partial charge < -0.3 is 8.84 Å². The maximum absolute atomic E-state index is 12.3. The van der Waals surface area contributed by atoms with Crippen LogP contribution in [0.5, 0.6) is 5.75 Å². The summed E-state index contributed by atoms with van der Waals surface area (Å²) in [7, 11) is -2.05. The van der Waals surface area contributed by atoms with Gasteiger partial charge in [0.1, 0.15) is 0 Å². The van der Waals surface area contributed by atoms with Crippen molar-refractivity contribution in [2.45, 2.75) is 65.6 Å². The molecular weight excluding hydrogens is 356 g/mol. The average molecular weight is 385 g/mol. The van der Waals surface area contributed by atoms with E-state index in [1.165, 1.54) is 23.5 Å². The van der Waals surface area contributed by atoms with E-state index >= 15 is 0 Å². The third kappa shape index (κ3) is 5.34. The van der Waals surface area contributed by atoms with Gasteiger partial charge in [-0.1, -0.05) is 11.1 Å². The third-order valence-corrected chi connectivity index (χ3v) is 5.91. The molecule has 27 heavy (non-hydrogen) atoms. The quantitative estimate of drug-likeness (QED) is 0.511. The Bertz CT molecular complexity index is 851. The highest BCUT2D eigenvalue weighted by molar-refractivity contribution is 6.70. The molecule has 0 fully saturated rings. The Labute approximate surface area is 162 Å². The van der Waals surface area contributed by atoms with Gasteiger partial charge in [0, 0.05) is 12.5 Å². The summed E-state index contributed by atoms with van der Waals surface area (Å²) in [5.74, 6) is 0.735. The molecule has 1 aliphatic rings. The number of rotatable bonds is 6. The van der Waals surface area contributed by atoms with Gasteiger partial charge >= 0.3 is 0 Å². The standard InChI is InChI=1S/C21H28N2O3Si/c1-15-6-7-17(10-16(15)2)11-21(13-22,14-23)12-19-20(26-27(3,4)5)18(24)8-9-25-19/h8-9,17H,6-7,10-12H2,1-5H3. The zero-order valence-electron chi connectivity index (χ0n) is 16.9. The van der Waals surface area contributed by atoms with Crippen molar-refractivity contribution < 1.29 is 8.84 Å². The van der Waals surface area contributed by atoms with Crippen LogP contribution in [0.3, 0.4) is 0 Å². The van der Waals surface area contributed by atoms with Crippen molar-refractivity contribution in [3.05, 3.63) is 39.5 Å². The molecule has 0 aliphatic heterocycles. The SMILES string of the molecule is CC1=C(C)CC(CC(C#N)(C#N)Cc2occc(=O)c2O[Si](C)(C)C)CC1. The summed E-state index contributed by atoms with van der Waals surface area (Å²) in [5.41, 5.74) is 1.26. The maximum Gasteiger partial charge on any atom is 0.242 e. The predicted octanol–water partition coefficient (Wildman–Crippen LogP) is 4.96. The van der Waals surface area contributed by atoms with Crippen LogP contribution in [0.1, 0.15) is 45.3 Å². The van der Waals surface area contributed by atoms with E-state index < -0.39 is 13.7 Å². The van der Waals surface area contributed by atoms with Crippen molar-refractivity contribution in [3.8, 4) is 17.9 Å². The zero-order chi connectivity index (χ0) is 20.2. The lowest BCUT2D eigenvalue weighted by Crippen LogP contribution is -2.33. The van der Waals surface area contributed by atoms with Crippen LogP contribution in [0.4, 0.5) is 0 Å². The van der Waals surface area contributed by atoms with Crippen LogP contribution < -0.4 is 9.85 Å². The Morgan fingerprint density at radius 1 is 1.26 bits per heavy atom. The fraction of sp³-hybridized carbons (Fsp3) is 0.571. The third-order valence-electron chi connectivity index (χ3n) is 5.09. The highest BCUT2D eigenvalue weighted by Gasteiger charge is 2.37. The van der Waals surface area contributed by atoms with Crippen molar-refractivity contribution in [1.29, 1.82) is 10.5 Å². The summed E-state index contributed by atoms with van der Waals surface area (Å²) >= 11 is 0. The molecule has 0 radical (unpaired) electrons. The first kappa shape index (κ1) is 21.0. The van der Waals surface area contributed by atoms with E-state index in [0.717, 1.165) is 19.3 Å². The molecule has 0 spiro atoms. The van der Waals surface area contributed by atoms with E-state index in [1.807, 2.05) is 19.6 Å². The van der Waals surface area contributed by atoms with Gasteiger partial charge in [-0.15, -0.1) is 0 Å². The molecule has 0 N–H and O–H groups in total. The number of allylic oxidation sites excluding steroid dienone is 2. The van der Waals surface area contributed by atoms with Crippen LogP contribution in [0, 0.1) is 34.0 Å². The van der Waals surface area contributed by atoms with E-state index in [1.54, 1.807) is 0 Å². The smallest absolute Gasteiger partial charge is 0.242 e. The van der Waals surface area contributed by atoms with Gasteiger partial charge in [-0.05, 0) is 65.1 Å². The fourth-order valence-corrected chi connectivity index (χ4v) is 4.36. The minimum Gasteiger partial charge on any atom is -0.539 e. The molecule has 2 rings (SSSR count). The molecule has 0 bridgehead atoms. The first-order chi connectivity index (χ1) is 12.6. The van der Waals surface area contributed by atoms with Crippen molar-refractivity contribution in [2.24, 2.45) is 11.3 Å². The fourth-order valence-electron chi connectivity index (χ4n) is 3.53.